The molecule has 0 bridgehead atoms. The quantitative estimate of drug-likeness (QED) is 0.717. The Morgan fingerprint density at radius 2 is 2.08 bits per heavy atom. The van der Waals surface area contributed by atoms with E-state index in [0.717, 1.165) is 0 Å². The maximum absolute atomic E-state index is 5.65. The fraction of sp³-hybridized carbons (Fsp3) is 0.700. The predicted molar refractivity (Wildman–Crippen MR) is 53.4 cm³/mol. The van der Waals surface area contributed by atoms with Gasteiger partial charge in [0.2, 0.25) is 0 Å². The van der Waals surface area contributed by atoms with Gasteiger partial charge in [0.25, 0.3) is 0 Å². The fourth-order valence-corrected chi connectivity index (χ4v) is 2.29. The zero-order valence-electron chi connectivity index (χ0n) is 8.16. The first kappa shape index (κ1) is 8.60. The fourth-order valence-electron chi connectivity index (χ4n) is 2.29. The molecule has 1 aromatic heterocycles. The van der Waals surface area contributed by atoms with Crippen molar-refractivity contribution in [1.29, 1.82) is 0 Å². The first-order valence-corrected chi connectivity index (χ1v) is 5.07. The number of aromatic nitrogens is 2. The summed E-state index contributed by atoms with van der Waals surface area (Å²) in [5.74, 6) is 1.35. The molecule has 1 fully saturated rings. The van der Waals surface area contributed by atoms with Crippen molar-refractivity contribution in [3.05, 3.63) is 11.8 Å². The molecule has 0 aliphatic heterocycles. The van der Waals surface area contributed by atoms with Crippen molar-refractivity contribution in [1.82, 2.24) is 9.78 Å². The third-order valence-corrected chi connectivity index (χ3v) is 2.96. The van der Waals surface area contributed by atoms with Crippen LogP contribution in [0.2, 0.25) is 0 Å². The van der Waals surface area contributed by atoms with Crippen LogP contribution in [0.5, 0.6) is 0 Å². The molecule has 0 atom stereocenters. The summed E-state index contributed by atoms with van der Waals surface area (Å²) in [7, 11) is 1.99. The Kier molecular flexibility index (Phi) is 2.25. The van der Waals surface area contributed by atoms with E-state index in [2.05, 4.69) is 5.10 Å². The molecule has 1 aliphatic rings. The van der Waals surface area contributed by atoms with E-state index in [1.165, 1.54) is 37.8 Å². The Labute approximate surface area is 78.9 Å². The minimum Gasteiger partial charge on any atom is -0.382 e. The third kappa shape index (κ3) is 1.69. The minimum absolute atomic E-state index is 0.656. The summed E-state index contributed by atoms with van der Waals surface area (Å²) in [6, 6.07) is 2.02. The van der Waals surface area contributed by atoms with E-state index < -0.39 is 0 Å². The van der Waals surface area contributed by atoms with Crippen LogP contribution in [0.3, 0.4) is 0 Å². The Bertz CT molecular complexity index is 284. The van der Waals surface area contributed by atoms with Gasteiger partial charge in [-0.2, -0.15) is 5.10 Å². The Hall–Kier alpha value is -0.990. The van der Waals surface area contributed by atoms with Crippen molar-refractivity contribution < 1.29 is 0 Å². The van der Waals surface area contributed by atoms with Gasteiger partial charge in [-0.3, -0.25) is 4.68 Å². The van der Waals surface area contributed by atoms with Gasteiger partial charge < -0.3 is 5.73 Å². The van der Waals surface area contributed by atoms with Crippen LogP contribution in [0.25, 0.3) is 0 Å². The van der Waals surface area contributed by atoms with Crippen LogP contribution < -0.4 is 5.73 Å². The normalized spacial score (nSPS) is 19.2. The molecule has 0 spiro atoms. The van der Waals surface area contributed by atoms with E-state index in [1.54, 1.807) is 0 Å². The molecular formula is C10H17N3. The van der Waals surface area contributed by atoms with E-state index >= 15 is 0 Å². The molecule has 2 N–H and O–H groups in total. The molecule has 0 radical (unpaired) electrons. The summed E-state index contributed by atoms with van der Waals surface area (Å²) < 4.78 is 1.94. The monoisotopic (exact) mass is 179 g/mol. The van der Waals surface area contributed by atoms with Crippen LogP contribution in [0.1, 0.15) is 43.7 Å². The molecule has 0 saturated heterocycles. The summed E-state index contributed by atoms with van der Waals surface area (Å²) >= 11 is 0. The highest BCUT2D eigenvalue weighted by atomic mass is 15.3. The van der Waals surface area contributed by atoms with Gasteiger partial charge in [0.1, 0.15) is 5.82 Å². The molecule has 1 aromatic rings. The number of rotatable bonds is 1. The second-order valence-corrected chi connectivity index (χ2v) is 3.95. The predicted octanol–water partition coefficient (Wildman–Crippen LogP) is 2.05. The van der Waals surface area contributed by atoms with Gasteiger partial charge in [0, 0.05) is 24.7 Å². The molecule has 13 heavy (non-hydrogen) atoms. The average Bonchev–Trinajstić information content (AvgIpc) is 2.47. The maximum atomic E-state index is 5.65. The molecule has 3 heteroatoms. The highest BCUT2D eigenvalue weighted by molar-refractivity contribution is 5.31. The molecule has 72 valence electrons. The number of hydrogen-bond donors (Lipinski definition) is 1. The Morgan fingerprint density at radius 3 is 2.62 bits per heavy atom. The lowest BCUT2D eigenvalue weighted by molar-refractivity contribution is 0.424. The Morgan fingerprint density at radius 1 is 1.38 bits per heavy atom. The van der Waals surface area contributed by atoms with Crippen molar-refractivity contribution >= 4 is 5.82 Å². The Balaban J connectivity index is 2.18. The SMILES string of the molecule is Cn1nc(N)cc1C1CCCCC1. The van der Waals surface area contributed by atoms with Gasteiger partial charge >= 0.3 is 0 Å². The smallest absolute Gasteiger partial charge is 0.145 e. The molecule has 0 aromatic carbocycles. The molecular weight excluding hydrogens is 162 g/mol. The van der Waals surface area contributed by atoms with Crippen LogP contribution in [0.15, 0.2) is 6.07 Å². The van der Waals surface area contributed by atoms with Crippen LogP contribution in [-0.4, -0.2) is 9.78 Å². The van der Waals surface area contributed by atoms with Gasteiger partial charge in [-0.25, -0.2) is 0 Å². The van der Waals surface area contributed by atoms with Gasteiger partial charge in [0.05, 0.1) is 0 Å². The number of hydrogen-bond acceptors (Lipinski definition) is 2. The third-order valence-electron chi connectivity index (χ3n) is 2.96. The van der Waals surface area contributed by atoms with Crippen LogP contribution >= 0.6 is 0 Å². The second kappa shape index (κ2) is 3.40. The lowest BCUT2D eigenvalue weighted by Crippen LogP contribution is -2.09. The first-order valence-electron chi connectivity index (χ1n) is 5.07. The largest absolute Gasteiger partial charge is 0.382 e. The van der Waals surface area contributed by atoms with Crippen molar-refractivity contribution in [2.24, 2.45) is 7.05 Å². The standard InChI is InChI=1S/C10H17N3/c1-13-9(7-10(11)12-13)8-5-3-2-4-6-8/h7-8H,2-6H2,1H3,(H2,11,12). The van der Waals surface area contributed by atoms with Gasteiger partial charge in [0.15, 0.2) is 0 Å². The zero-order chi connectivity index (χ0) is 9.26. The van der Waals surface area contributed by atoms with E-state index in [1.807, 2.05) is 17.8 Å². The van der Waals surface area contributed by atoms with E-state index in [4.69, 9.17) is 5.73 Å². The maximum Gasteiger partial charge on any atom is 0.145 e. The minimum atomic E-state index is 0.656. The molecule has 1 saturated carbocycles. The second-order valence-electron chi connectivity index (χ2n) is 3.95. The van der Waals surface area contributed by atoms with Crippen molar-refractivity contribution in [2.45, 2.75) is 38.0 Å². The molecule has 0 unspecified atom stereocenters. The molecule has 1 heterocycles. The number of nitrogen functional groups attached to an aromatic ring is 1. The summed E-state index contributed by atoms with van der Waals surface area (Å²) in [4.78, 5) is 0. The highest BCUT2D eigenvalue weighted by Gasteiger charge is 2.18. The lowest BCUT2D eigenvalue weighted by atomic mass is 9.87. The zero-order valence-corrected chi connectivity index (χ0v) is 8.16. The van der Waals surface area contributed by atoms with Gasteiger partial charge in [-0.05, 0) is 12.8 Å². The van der Waals surface area contributed by atoms with Crippen LogP contribution in [0, 0.1) is 0 Å². The summed E-state index contributed by atoms with van der Waals surface area (Å²) in [6.45, 7) is 0. The summed E-state index contributed by atoms with van der Waals surface area (Å²) in [5.41, 5.74) is 6.97. The topological polar surface area (TPSA) is 43.8 Å². The molecule has 3 nitrogen and oxygen atoms in total. The van der Waals surface area contributed by atoms with Gasteiger partial charge in [-0.1, -0.05) is 19.3 Å². The number of nitrogens with zero attached hydrogens (tertiary/aromatic N) is 2. The van der Waals surface area contributed by atoms with Crippen LogP contribution in [0.4, 0.5) is 5.82 Å². The summed E-state index contributed by atoms with van der Waals surface area (Å²) in [5, 5.41) is 4.18. The highest BCUT2D eigenvalue weighted by Crippen LogP contribution is 2.32. The van der Waals surface area contributed by atoms with Gasteiger partial charge in [-0.15, -0.1) is 0 Å². The number of aryl methyl sites for hydroxylation is 1. The van der Waals surface area contributed by atoms with E-state index in [9.17, 15) is 0 Å². The van der Waals surface area contributed by atoms with Crippen LogP contribution in [-0.2, 0) is 7.05 Å². The van der Waals surface area contributed by atoms with E-state index in [-0.39, 0.29) is 0 Å². The molecule has 1 aliphatic carbocycles. The first-order chi connectivity index (χ1) is 6.27. The van der Waals surface area contributed by atoms with Crippen molar-refractivity contribution in [3.63, 3.8) is 0 Å². The average molecular weight is 179 g/mol. The van der Waals surface area contributed by atoms with Crippen molar-refractivity contribution in [2.75, 3.05) is 5.73 Å². The summed E-state index contributed by atoms with van der Waals surface area (Å²) in [6.07, 6.45) is 6.72. The lowest BCUT2D eigenvalue weighted by Gasteiger charge is -2.21. The van der Waals surface area contributed by atoms with Crippen molar-refractivity contribution in [3.8, 4) is 0 Å². The number of nitrogens with two attached hydrogens (primary N) is 1. The molecule has 2 rings (SSSR count). The number of anilines is 1. The molecule has 0 amide bonds. The van der Waals surface area contributed by atoms with E-state index in [0.29, 0.717) is 11.7 Å².